The predicted octanol–water partition coefficient (Wildman–Crippen LogP) is 5.77. The molecule has 5 rings (SSSR count). The number of nitrogens with zero attached hydrogens (tertiary/aromatic N) is 3. The fourth-order valence-electron chi connectivity index (χ4n) is 4.43. The molecule has 0 spiro atoms. The third kappa shape index (κ3) is 6.37. The van der Waals surface area contributed by atoms with Crippen LogP contribution in [0.3, 0.4) is 0 Å². The largest absolute Gasteiger partial charge is 0.491 e. The number of halogens is 1. The summed E-state index contributed by atoms with van der Waals surface area (Å²) in [6.45, 7) is 3.31. The molecule has 1 saturated carbocycles. The van der Waals surface area contributed by atoms with Gasteiger partial charge in [-0.2, -0.15) is 5.10 Å². The van der Waals surface area contributed by atoms with Crippen molar-refractivity contribution in [3.05, 3.63) is 102 Å². The highest BCUT2D eigenvalue weighted by atomic mass is 19.1. The molecule has 192 valence electrons. The van der Waals surface area contributed by atoms with E-state index in [4.69, 9.17) is 14.6 Å². The lowest BCUT2D eigenvalue weighted by molar-refractivity contribution is 0.0623. The number of rotatable bonds is 12. The van der Waals surface area contributed by atoms with Gasteiger partial charge >= 0.3 is 0 Å². The lowest BCUT2D eigenvalue weighted by Gasteiger charge is -2.25. The van der Waals surface area contributed by atoms with Crippen LogP contribution in [-0.4, -0.2) is 45.1 Å². The van der Waals surface area contributed by atoms with E-state index >= 15 is 0 Å². The maximum Gasteiger partial charge on any atom is 0.227 e. The number of ether oxygens (including phenoxy) is 2. The molecule has 1 N–H and O–H groups in total. The van der Waals surface area contributed by atoms with Gasteiger partial charge in [-0.1, -0.05) is 49.4 Å². The van der Waals surface area contributed by atoms with Gasteiger partial charge in [0.05, 0.1) is 16.9 Å². The van der Waals surface area contributed by atoms with Gasteiger partial charge in [-0.15, -0.1) is 0 Å². The van der Waals surface area contributed by atoms with Gasteiger partial charge in [-0.05, 0) is 55.7 Å². The van der Waals surface area contributed by atoms with Gasteiger partial charge in [0.1, 0.15) is 30.0 Å². The summed E-state index contributed by atoms with van der Waals surface area (Å²) in [5.41, 5.74) is 2.72. The van der Waals surface area contributed by atoms with Gasteiger partial charge in [-0.3, -0.25) is 4.90 Å². The van der Waals surface area contributed by atoms with Gasteiger partial charge in [-0.25, -0.2) is 9.07 Å². The lowest BCUT2D eigenvalue weighted by Crippen LogP contribution is -2.37. The molecule has 1 aliphatic carbocycles. The van der Waals surface area contributed by atoms with Crippen LogP contribution in [0.4, 0.5) is 4.39 Å². The van der Waals surface area contributed by atoms with E-state index in [9.17, 15) is 9.50 Å². The van der Waals surface area contributed by atoms with Crippen molar-refractivity contribution in [2.24, 2.45) is 0 Å². The Kier molecular flexibility index (Phi) is 7.82. The van der Waals surface area contributed by atoms with Crippen molar-refractivity contribution >= 4 is 0 Å². The molecule has 4 aromatic rings. The molecule has 7 heteroatoms. The molecule has 0 bridgehead atoms. The molecular weight excluding hydrogens is 469 g/mol. The Morgan fingerprint density at radius 2 is 1.70 bits per heavy atom. The van der Waals surface area contributed by atoms with Crippen LogP contribution in [0.15, 0.2) is 84.9 Å². The highest BCUT2D eigenvalue weighted by Gasteiger charge is 2.33. The Labute approximate surface area is 216 Å². The van der Waals surface area contributed by atoms with Gasteiger partial charge < -0.3 is 14.6 Å². The average Bonchev–Trinajstić information content (AvgIpc) is 3.72. The number of para-hydroxylation sites is 2. The highest BCUT2D eigenvalue weighted by molar-refractivity contribution is 5.44. The van der Waals surface area contributed by atoms with E-state index in [0.717, 1.165) is 35.5 Å². The summed E-state index contributed by atoms with van der Waals surface area (Å²) in [4.78, 5) is 2.28. The Morgan fingerprint density at radius 3 is 2.38 bits per heavy atom. The minimum Gasteiger partial charge on any atom is -0.491 e. The molecule has 1 atom stereocenters. The Bertz CT molecular complexity index is 1290. The summed E-state index contributed by atoms with van der Waals surface area (Å²) in [7, 11) is 0. The zero-order valence-corrected chi connectivity index (χ0v) is 21.0. The molecule has 6 nitrogen and oxygen atoms in total. The van der Waals surface area contributed by atoms with E-state index < -0.39 is 6.10 Å². The zero-order chi connectivity index (χ0) is 25.6. The quantitative estimate of drug-likeness (QED) is 0.267. The first-order chi connectivity index (χ1) is 18.1. The normalized spacial score (nSPS) is 14.1. The van der Waals surface area contributed by atoms with Crippen LogP contribution < -0.4 is 9.47 Å². The number of aliphatic hydroxyl groups excluding tert-OH is 1. The topological polar surface area (TPSA) is 59.8 Å². The monoisotopic (exact) mass is 501 g/mol. The van der Waals surface area contributed by atoms with Crippen LogP contribution in [0.2, 0.25) is 0 Å². The molecule has 37 heavy (non-hydrogen) atoms. The fourth-order valence-corrected chi connectivity index (χ4v) is 4.43. The third-order valence-corrected chi connectivity index (χ3v) is 6.42. The van der Waals surface area contributed by atoms with Crippen LogP contribution in [0.1, 0.15) is 31.0 Å². The number of aliphatic hydroxyl groups is 1. The fraction of sp³-hybridized carbons (Fsp3) is 0.300. The summed E-state index contributed by atoms with van der Waals surface area (Å²) in [5, 5.41) is 15.7. The van der Waals surface area contributed by atoms with Crippen LogP contribution >= 0.6 is 0 Å². The molecule has 0 aliphatic heterocycles. The van der Waals surface area contributed by atoms with Crippen molar-refractivity contribution in [3.8, 4) is 23.1 Å². The third-order valence-electron chi connectivity index (χ3n) is 6.42. The van der Waals surface area contributed by atoms with E-state index in [1.807, 2.05) is 60.7 Å². The summed E-state index contributed by atoms with van der Waals surface area (Å²) in [5.74, 6) is 1.36. The summed E-state index contributed by atoms with van der Waals surface area (Å²) < 4.78 is 27.9. The standard InChI is InChI=1S/C30H32FN3O3/c1-2-29-28(20-33(23-16-17-23)19-25(35)21-36-26-13-7-4-8-14-26)30(37-27-15-9-10-22(31)18-27)34(32-29)24-11-5-3-6-12-24/h3-15,18,23,25,35H,2,16-17,19-21H2,1H3. The number of benzene rings is 3. The maximum atomic E-state index is 14.0. The van der Waals surface area contributed by atoms with Crippen molar-refractivity contribution in [2.75, 3.05) is 13.2 Å². The summed E-state index contributed by atoms with van der Waals surface area (Å²) in [6, 6.07) is 25.9. The minimum atomic E-state index is -0.650. The second kappa shape index (κ2) is 11.6. The second-order valence-corrected chi connectivity index (χ2v) is 9.33. The van der Waals surface area contributed by atoms with E-state index in [1.54, 1.807) is 16.8 Å². The van der Waals surface area contributed by atoms with E-state index in [1.165, 1.54) is 12.1 Å². The lowest BCUT2D eigenvalue weighted by atomic mass is 10.1. The number of aromatic nitrogens is 2. The Morgan fingerprint density at radius 1 is 1.00 bits per heavy atom. The van der Waals surface area contributed by atoms with Gasteiger partial charge in [0, 0.05) is 25.2 Å². The highest BCUT2D eigenvalue weighted by Crippen LogP contribution is 2.35. The van der Waals surface area contributed by atoms with Crippen molar-refractivity contribution in [1.82, 2.24) is 14.7 Å². The average molecular weight is 502 g/mol. The first-order valence-corrected chi connectivity index (χ1v) is 12.8. The SMILES string of the molecule is CCc1nn(-c2ccccc2)c(Oc2cccc(F)c2)c1CN(CC(O)COc1ccccc1)C1CC1. The van der Waals surface area contributed by atoms with Crippen LogP contribution in [-0.2, 0) is 13.0 Å². The molecule has 0 radical (unpaired) electrons. The molecule has 1 aliphatic rings. The summed E-state index contributed by atoms with van der Waals surface area (Å²) in [6.07, 6.45) is 2.23. The van der Waals surface area contributed by atoms with Crippen LogP contribution in [0.25, 0.3) is 5.69 Å². The van der Waals surface area contributed by atoms with Crippen molar-refractivity contribution in [3.63, 3.8) is 0 Å². The molecule has 0 amide bonds. The number of hydrogen-bond acceptors (Lipinski definition) is 5. The number of aryl methyl sites for hydroxylation is 1. The molecule has 3 aromatic carbocycles. The first-order valence-electron chi connectivity index (χ1n) is 12.8. The van der Waals surface area contributed by atoms with E-state index in [2.05, 4.69) is 11.8 Å². The van der Waals surface area contributed by atoms with E-state index in [0.29, 0.717) is 37.2 Å². The summed E-state index contributed by atoms with van der Waals surface area (Å²) >= 11 is 0. The van der Waals surface area contributed by atoms with Crippen molar-refractivity contribution < 1.29 is 19.0 Å². The predicted molar refractivity (Wildman–Crippen MR) is 141 cm³/mol. The van der Waals surface area contributed by atoms with E-state index in [-0.39, 0.29) is 12.4 Å². The van der Waals surface area contributed by atoms with Gasteiger partial charge in [0.15, 0.2) is 0 Å². The first kappa shape index (κ1) is 25.0. The van der Waals surface area contributed by atoms with Crippen LogP contribution in [0.5, 0.6) is 17.4 Å². The Hall–Kier alpha value is -3.68. The molecule has 1 unspecified atom stereocenters. The minimum absolute atomic E-state index is 0.212. The molecular formula is C30H32FN3O3. The Balaban J connectivity index is 1.42. The van der Waals surface area contributed by atoms with Crippen molar-refractivity contribution in [2.45, 2.75) is 44.9 Å². The second-order valence-electron chi connectivity index (χ2n) is 9.33. The van der Waals surface area contributed by atoms with Crippen LogP contribution in [0, 0.1) is 5.82 Å². The molecule has 1 heterocycles. The molecule has 1 aromatic heterocycles. The molecule has 0 saturated heterocycles. The maximum absolute atomic E-state index is 14.0. The zero-order valence-electron chi connectivity index (χ0n) is 21.0. The van der Waals surface area contributed by atoms with Gasteiger partial charge in [0.2, 0.25) is 5.88 Å². The number of hydrogen-bond donors (Lipinski definition) is 1. The molecule has 1 fully saturated rings. The van der Waals surface area contributed by atoms with Crippen molar-refractivity contribution in [1.29, 1.82) is 0 Å². The van der Waals surface area contributed by atoms with Gasteiger partial charge in [0.25, 0.3) is 0 Å². The smallest absolute Gasteiger partial charge is 0.227 e.